The lowest BCUT2D eigenvalue weighted by atomic mass is 9.55. The Morgan fingerprint density at radius 2 is 2.00 bits per heavy atom. The first-order valence-electron chi connectivity index (χ1n) is 8.40. The van der Waals surface area contributed by atoms with E-state index < -0.39 is 12.2 Å². The molecule has 0 saturated heterocycles. The highest BCUT2D eigenvalue weighted by Crippen LogP contribution is 2.61. The van der Waals surface area contributed by atoms with Gasteiger partial charge in [0.25, 0.3) is 0 Å². The van der Waals surface area contributed by atoms with Crippen molar-refractivity contribution in [3.05, 3.63) is 23.3 Å². The number of aliphatic hydroxyl groups is 2. The maximum absolute atomic E-state index is 10.4. The number of nitrogens with two attached hydrogens (primary N) is 1. The first kappa shape index (κ1) is 14.3. The fraction of sp³-hybridized carbons (Fsp3) is 0.667. The molecule has 0 aromatic heterocycles. The average molecular weight is 303 g/mol. The molecule has 0 spiro atoms. The summed E-state index contributed by atoms with van der Waals surface area (Å²) in [6.45, 7) is 2.15. The monoisotopic (exact) mass is 303 g/mol. The molecule has 5 N–H and O–H groups in total. The molecule has 0 unspecified atom stereocenters. The van der Waals surface area contributed by atoms with E-state index >= 15 is 0 Å². The Hall–Kier alpha value is -1.26. The second-order valence-corrected chi connectivity index (χ2v) is 7.77. The zero-order valence-electron chi connectivity index (χ0n) is 13.0. The first-order chi connectivity index (χ1) is 10.4. The maximum atomic E-state index is 10.4. The predicted molar refractivity (Wildman–Crippen MR) is 84.5 cm³/mol. The molecule has 3 aliphatic carbocycles. The minimum atomic E-state index is -0.593. The van der Waals surface area contributed by atoms with Crippen LogP contribution < -0.4 is 5.73 Å². The number of nitrogen functional groups attached to an aromatic ring is 1. The lowest BCUT2D eigenvalue weighted by Gasteiger charge is -2.50. The van der Waals surface area contributed by atoms with Crippen LogP contribution >= 0.6 is 0 Å². The summed E-state index contributed by atoms with van der Waals surface area (Å²) in [7, 11) is 0. The van der Waals surface area contributed by atoms with Crippen molar-refractivity contribution in [1.82, 2.24) is 0 Å². The number of aliphatic hydroxyl groups excluding tert-OH is 2. The van der Waals surface area contributed by atoms with Crippen LogP contribution in [-0.2, 0) is 6.42 Å². The molecular formula is C18H25NO3. The number of hydrogen-bond donors (Lipinski definition) is 4. The van der Waals surface area contributed by atoms with E-state index in [0.29, 0.717) is 29.9 Å². The van der Waals surface area contributed by atoms with E-state index in [-0.39, 0.29) is 11.2 Å². The van der Waals surface area contributed by atoms with Gasteiger partial charge in [-0.25, -0.2) is 0 Å². The van der Waals surface area contributed by atoms with Gasteiger partial charge in [-0.05, 0) is 72.5 Å². The Balaban J connectivity index is 1.73. The van der Waals surface area contributed by atoms with Crippen molar-refractivity contribution >= 4 is 5.69 Å². The summed E-state index contributed by atoms with van der Waals surface area (Å²) in [6, 6.07) is 3.74. The van der Waals surface area contributed by atoms with Crippen LogP contribution in [0.4, 0.5) is 5.69 Å². The van der Waals surface area contributed by atoms with Crippen molar-refractivity contribution in [1.29, 1.82) is 0 Å². The number of phenolic OH excluding ortho intramolecular Hbond substituents is 1. The number of hydrogen-bond acceptors (Lipinski definition) is 4. The van der Waals surface area contributed by atoms with Crippen LogP contribution in [0.1, 0.15) is 49.7 Å². The number of benzene rings is 1. The quantitative estimate of drug-likeness (QED) is 0.437. The maximum Gasteiger partial charge on any atom is 0.138 e. The Morgan fingerprint density at radius 1 is 1.23 bits per heavy atom. The van der Waals surface area contributed by atoms with Crippen molar-refractivity contribution in [2.24, 2.45) is 17.3 Å². The van der Waals surface area contributed by atoms with Crippen LogP contribution in [0.15, 0.2) is 12.1 Å². The molecule has 1 aromatic carbocycles. The summed E-state index contributed by atoms with van der Waals surface area (Å²) in [5.74, 6) is 1.51. The summed E-state index contributed by atoms with van der Waals surface area (Å²) >= 11 is 0. The molecule has 0 aliphatic heterocycles. The highest BCUT2D eigenvalue weighted by atomic mass is 16.3. The van der Waals surface area contributed by atoms with Gasteiger partial charge in [0.05, 0.1) is 17.9 Å². The fourth-order valence-corrected chi connectivity index (χ4v) is 5.67. The van der Waals surface area contributed by atoms with Crippen LogP contribution in [0.5, 0.6) is 5.75 Å². The normalized spacial score (nSPS) is 43.3. The van der Waals surface area contributed by atoms with E-state index in [0.717, 1.165) is 31.2 Å². The summed E-state index contributed by atoms with van der Waals surface area (Å²) in [4.78, 5) is 0. The largest absolute Gasteiger partial charge is 0.506 e. The van der Waals surface area contributed by atoms with E-state index in [1.165, 1.54) is 5.56 Å². The molecule has 120 valence electrons. The van der Waals surface area contributed by atoms with Crippen molar-refractivity contribution in [3.63, 3.8) is 0 Å². The molecule has 2 saturated carbocycles. The fourth-order valence-electron chi connectivity index (χ4n) is 5.67. The van der Waals surface area contributed by atoms with E-state index in [2.05, 4.69) is 6.92 Å². The summed E-state index contributed by atoms with van der Waals surface area (Å²) < 4.78 is 0. The van der Waals surface area contributed by atoms with Gasteiger partial charge in [0.2, 0.25) is 0 Å². The molecule has 6 atom stereocenters. The minimum Gasteiger partial charge on any atom is -0.506 e. The molecule has 0 heterocycles. The van der Waals surface area contributed by atoms with E-state index in [1.807, 2.05) is 6.07 Å². The zero-order chi connectivity index (χ0) is 15.6. The molecule has 22 heavy (non-hydrogen) atoms. The Kier molecular flexibility index (Phi) is 3.01. The van der Waals surface area contributed by atoms with Gasteiger partial charge in [0.15, 0.2) is 0 Å². The highest BCUT2D eigenvalue weighted by Gasteiger charge is 2.57. The van der Waals surface area contributed by atoms with Crippen molar-refractivity contribution in [2.45, 2.75) is 57.2 Å². The van der Waals surface area contributed by atoms with Crippen LogP contribution in [0.3, 0.4) is 0 Å². The van der Waals surface area contributed by atoms with Crippen molar-refractivity contribution in [3.8, 4) is 5.75 Å². The van der Waals surface area contributed by atoms with Gasteiger partial charge in [-0.3, -0.25) is 0 Å². The zero-order valence-corrected chi connectivity index (χ0v) is 13.0. The molecule has 3 aliphatic rings. The molecule has 2 fully saturated rings. The molecule has 0 radical (unpaired) electrons. The number of fused-ring (bicyclic) bond motifs is 5. The van der Waals surface area contributed by atoms with Gasteiger partial charge in [0.1, 0.15) is 5.75 Å². The topological polar surface area (TPSA) is 86.7 Å². The minimum absolute atomic E-state index is 0.152. The van der Waals surface area contributed by atoms with Gasteiger partial charge in [0, 0.05) is 0 Å². The summed E-state index contributed by atoms with van der Waals surface area (Å²) in [5, 5.41) is 30.4. The van der Waals surface area contributed by atoms with Crippen molar-refractivity contribution in [2.75, 3.05) is 5.73 Å². The third-order valence-corrected chi connectivity index (χ3v) is 6.91. The van der Waals surface area contributed by atoms with Crippen LogP contribution in [0, 0.1) is 17.3 Å². The van der Waals surface area contributed by atoms with Gasteiger partial charge in [-0.15, -0.1) is 0 Å². The molecule has 4 heteroatoms. The number of anilines is 1. The first-order valence-corrected chi connectivity index (χ1v) is 8.40. The molecule has 1 aromatic rings. The smallest absolute Gasteiger partial charge is 0.138 e. The second-order valence-electron chi connectivity index (χ2n) is 7.77. The Morgan fingerprint density at radius 3 is 2.77 bits per heavy atom. The second kappa shape index (κ2) is 4.62. The SMILES string of the molecule is C[C@]12CC[C@@H]3c4ccc(O)c(N)c4CC[C@H]3[C@@H]1C[C@@H](O)[C@H]2O. The van der Waals surface area contributed by atoms with Crippen LogP contribution in [-0.4, -0.2) is 27.5 Å². The Labute approximate surface area is 131 Å². The lowest BCUT2D eigenvalue weighted by Crippen LogP contribution is -2.44. The highest BCUT2D eigenvalue weighted by molar-refractivity contribution is 5.62. The van der Waals surface area contributed by atoms with Gasteiger partial charge >= 0.3 is 0 Å². The number of rotatable bonds is 0. The Bertz CT molecular complexity index is 617. The molecule has 0 bridgehead atoms. The number of aromatic hydroxyl groups is 1. The average Bonchev–Trinajstić information content (AvgIpc) is 2.74. The van der Waals surface area contributed by atoms with Crippen LogP contribution in [0.25, 0.3) is 0 Å². The van der Waals surface area contributed by atoms with E-state index in [4.69, 9.17) is 5.73 Å². The van der Waals surface area contributed by atoms with Gasteiger partial charge in [-0.2, -0.15) is 0 Å². The predicted octanol–water partition coefficient (Wildman–Crippen LogP) is 2.16. The molecule has 4 rings (SSSR count). The van der Waals surface area contributed by atoms with E-state index in [9.17, 15) is 15.3 Å². The van der Waals surface area contributed by atoms with Gasteiger partial charge in [-0.1, -0.05) is 13.0 Å². The lowest BCUT2D eigenvalue weighted by molar-refractivity contribution is -0.0505. The third kappa shape index (κ3) is 1.71. The number of phenols is 1. The summed E-state index contributed by atoms with van der Waals surface area (Å²) in [5.41, 5.74) is 8.85. The standard InChI is InChI=1S/C18H25NO3/c1-18-7-6-10-9-4-5-14(20)16(19)12(9)3-2-11(10)13(18)8-15(21)17(18)22/h4-5,10-11,13,15,17,20-22H,2-3,6-8,19H2,1H3/t10-,11-,13+,15-,17-,18+/m1/s1. The summed E-state index contributed by atoms with van der Waals surface area (Å²) in [6.07, 6.45) is 3.42. The molecule has 4 nitrogen and oxygen atoms in total. The van der Waals surface area contributed by atoms with Crippen molar-refractivity contribution < 1.29 is 15.3 Å². The van der Waals surface area contributed by atoms with Gasteiger partial charge < -0.3 is 21.1 Å². The third-order valence-electron chi connectivity index (χ3n) is 6.91. The molecular weight excluding hydrogens is 278 g/mol. The van der Waals surface area contributed by atoms with E-state index in [1.54, 1.807) is 6.07 Å². The van der Waals surface area contributed by atoms with Crippen LogP contribution in [0.2, 0.25) is 0 Å². The molecule has 0 amide bonds.